The second-order valence-corrected chi connectivity index (χ2v) is 8.52. The first-order chi connectivity index (χ1) is 14.5. The number of furan rings is 1. The van der Waals surface area contributed by atoms with Crippen LogP contribution in [0.25, 0.3) is 0 Å². The summed E-state index contributed by atoms with van der Waals surface area (Å²) in [5.74, 6) is 0.521. The molecule has 3 aromatic rings. The number of hydrogen-bond donors (Lipinski definition) is 0. The van der Waals surface area contributed by atoms with Crippen LogP contribution in [0.5, 0.6) is 0 Å². The Bertz CT molecular complexity index is 1120. The van der Waals surface area contributed by atoms with E-state index >= 15 is 0 Å². The Kier molecular flexibility index (Phi) is 5.88. The molecule has 3 heterocycles. The Morgan fingerprint density at radius 3 is 2.83 bits per heavy atom. The minimum Gasteiger partial charge on any atom is -0.467 e. The molecule has 1 amide bonds. The highest BCUT2D eigenvalue weighted by atomic mass is 35.5. The number of nitriles is 1. The van der Waals surface area contributed by atoms with Gasteiger partial charge in [0, 0.05) is 17.6 Å². The number of thioether (sulfide) groups is 1. The summed E-state index contributed by atoms with van der Waals surface area (Å²) < 4.78 is 5.59. The van der Waals surface area contributed by atoms with Crippen LogP contribution in [0, 0.1) is 11.3 Å². The Labute approximate surface area is 183 Å². The van der Waals surface area contributed by atoms with Gasteiger partial charge in [0.1, 0.15) is 11.8 Å². The van der Waals surface area contributed by atoms with Crippen LogP contribution in [0.15, 0.2) is 75.5 Å². The summed E-state index contributed by atoms with van der Waals surface area (Å²) in [6, 6.07) is 16.1. The fourth-order valence-corrected chi connectivity index (χ4v) is 4.21. The highest BCUT2D eigenvalue weighted by molar-refractivity contribution is 8.00. The summed E-state index contributed by atoms with van der Waals surface area (Å²) in [7, 11) is 0. The Morgan fingerprint density at radius 1 is 1.33 bits per heavy atom. The molecule has 2 aromatic heterocycles. The lowest BCUT2D eigenvalue weighted by Gasteiger charge is -2.22. The van der Waals surface area contributed by atoms with Gasteiger partial charge in [0.15, 0.2) is 0 Å². The normalized spacial score (nSPS) is 16.8. The lowest BCUT2D eigenvalue weighted by molar-refractivity contribution is -0.132. The predicted octanol–water partition coefficient (Wildman–Crippen LogP) is 5.06. The van der Waals surface area contributed by atoms with Crippen LogP contribution in [-0.4, -0.2) is 26.9 Å². The van der Waals surface area contributed by atoms with E-state index in [1.807, 2.05) is 25.1 Å². The molecule has 1 aromatic carbocycles. The number of hydrogen-bond acceptors (Lipinski definition) is 6. The maximum absolute atomic E-state index is 13.3. The monoisotopic (exact) mass is 436 g/mol. The minimum atomic E-state index is -0.447. The largest absolute Gasteiger partial charge is 0.467 e. The standard InChI is InChI=1S/C22H17ClN4O2S/c1-14(30-21-11-15(13-24)8-9-25-21)22(28)27-19(20-3-2-10-29-20)12-18(26-27)16-4-6-17(23)7-5-16/h2-11,14,19H,12H2,1H3. The van der Waals surface area contributed by atoms with E-state index in [9.17, 15) is 4.79 Å². The smallest absolute Gasteiger partial charge is 0.256 e. The lowest BCUT2D eigenvalue weighted by atomic mass is 10.0. The summed E-state index contributed by atoms with van der Waals surface area (Å²) in [6.07, 6.45) is 3.70. The van der Waals surface area contributed by atoms with Gasteiger partial charge in [-0.05, 0) is 48.9 Å². The Morgan fingerprint density at radius 2 is 2.13 bits per heavy atom. The molecule has 4 rings (SSSR count). The number of carbonyl (C=O) groups is 1. The molecule has 0 aliphatic carbocycles. The molecule has 0 saturated heterocycles. The van der Waals surface area contributed by atoms with Gasteiger partial charge in [0.2, 0.25) is 0 Å². The van der Waals surface area contributed by atoms with E-state index in [2.05, 4.69) is 16.2 Å². The van der Waals surface area contributed by atoms with Gasteiger partial charge in [0.25, 0.3) is 5.91 Å². The van der Waals surface area contributed by atoms with Crippen molar-refractivity contribution in [3.05, 3.63) is 82.9 Å². The van der Waals surface area contributed by atoms with Gasteiger partial charge < -0.3 is 4.42 Å². The Balaban J connectivity index is 1.59. The topological polar surface area (TPSA) is 82.5 Å². The molecular formula is C22H17ClN4O2S. The average Bonchev–Trinajstić information content (AvgIpc) is 3.44. The van der Waals surface area contributed by atoms with Crippen molar-refractivity contribution >= 4 is 35.0 Å². The van der Waals surface area contributed by atoms with E-state index in [0.29, 0.717) is 27.8 Å². The zero-order valence-electron chi connectivity index (χ0n) is 16.0. The predicted molar refractivity (Wildman–Crippen MR) is 115 cm³/mol. The van der Waals surface area contributed by atoms with Crippen LogP contribution in [-0.2, 0) is 4.79 Å². The van der Waals surface area contributed by atoms with Gasteiger partial charge in [-0.2, -0.15) is 10.4 Å². The highest BCUT2D eigenvalue weighted by Crippen LogP contribution is 2.35. The van der Waals surface area contributed by atoms with Gasteiger partial charge in [-0.1, -0.05) is 35.5 Å². The molecular weight excluding hydrogens is 420 g/mol. The summed E-state index contributed by atoms with van der Waals surface area (Å²) in [6.45, 7) is 1.81. The van der Waals surface area contributed by atoms with Crippen molar-refractivity contribution < 1.29 is 9.21 Å². The van der Waals surface area contributed by atoms with E-state index < -0.39 is 5.25 Å². The number of halogens is 1. The summed E-state index contributed by atoms with van der Waals surface area (Å²) in [5, 5.41) is 16.0. The molecule has 150 valence electrons. The summed E-state index contributed by atoms with van der Waals surface area (Å²) >= 11 is 7.29. The number of hydrazone groups is 1. The molecule has 0 bridgehead atoms. The van der Waals surface area contributed by atoms with E-state index in [0.717, 1.165) is 11.3 Å². The number of rotatable bonds is 5. The number of amides is 1. The van der Waals surface area contributed by atoms with Gasteiger partial charge in [-0.3, -0.25) is 4.79 Å². The van der Waals surface area contributed by atoms with Crippen molar-refractivity contribution in [3.8, 4) is 6.07 Å². The van der Waals surface area contributed by atoms with Crippen molar-refractivity contribution in [2.24, 2.45) is 5.10 Å². The minimum absolute atomic E-state index is 0.158. The van der Waals surface area contributed by atoms with E-state index in [-0.39, 0.29) is 11.9 Å². The van der Waals surface area contributed by atoms with E-state index in [1.54, 1.807) is 42.8 Å². The van der Waals surface area contributed by atoms with Crippen molar-refractivity contribution in [2.45, 2.75) is 29.7 Å². The molecule has 8 heteroatoms. The molecule has 1 aliphatic heterocycles. The maximum atomic E-state index is 13.3. The third-order valence-corrected chi connectivity index (χ3v) is 5.97. The zero-order valence-corrected chi connectivity index (χ0v) is 17.6. The fourth-order valence-electron chi connectivity index (χ4n) is 3.19. The van der Waals surface area contributed by atoms with Crippen LogP contribution in [0.3, 0.4) is 0 Å². The van der Waals surface area contributed by atoms with E-state index in [1.165, 1.54) is 16.8 Å². The van der Waals surface area contributed by atoms with Crippen LogP contribution >= 0.6 is 23.4 Å². The van der Waals surface area contributed by atoms with Crippen LogP contribution in [0.4, 0.5) is 0 Å². The number of aromatic nitrogens is 1. The van der Waals surface area contributed by atoms with Gasteiger partial charge in [-0.25, -0.2) is 9.99 Å². The first-order valence-electron chi connectivity index (χ1n) is 9.28. The zero-order chi connectivity index (χ0) is 21.1. The maximum Gasteiger partial charge on any atom is 0.256 e. The number of benzene rings is 1. The third-order valence-electron chi connectivity index (χ3n) is 4.69. The number of carbonyl (C=O) groups excluding carboxylic acids is 1. The SMILES string of the molecule is CC(Sc1cc(C#N)ccn1)C(=O)N1N=C(c2ccc(Cl)cc2)CC1c1ccco1. The molecule has 2 unspecified atom stereocenters. The molecule has 0 N–H and O–H groups in total. The van der Waals surface area contributed by atoms with Gasteiger partial charge in [0.05, 0.1) is 33.9 Å². The molecule has 0 spiro atoms. The first kappa shape index (κ1) is 20.2. The van der Waals surface area contributed by atoms with Crippen LogP contribution < -0.4 is 0 Å². The molecule has 6 nitrogen and oxygen atoms in total. The van der Waals surface area contributed by atoms with Crippen LogP contribution in [0.2, 0.25) is 5.02 Å². The lowest BCUT2D eigenvalue weighted by Crippen LogP contribution is -2.33. The molecule has 1 aliphatic rings. The average molecular weight is 437 g/mol. The summed E-state index contributed by atoms with van der Waals surface area (Å²) in [4.78, 5) is 17.5. The van der Waals surface area contributed by atoms with Gasteiger partial charge in [-0.15, -0.1) is 0 Å². The fraction of sp³-hybridized carbons (Fsp3) is 0.182. The second kappa shape index (κ2) is 8.74. The molecule has 0 saturated carbocycles. The quantitative estimate of drug-likeness (QED) is 0.522. The molecule has 0 radical (unpaired) electrons. The second-order valence-electron chi connectivity index (χ2n) is 6.73. The van der Waals surface area contributed by atoms with Crippen molar-refractivity contribution in [3.63, 3.8) is 0 Å². The highest BCUT2D eigenvalue weighted by Gasteiger charge is 2.37. The third kappa shape index (κ3) is 4.25. The van der Waals surface area contributed by atoms with Gasteiger partial charge >= 0.3 is 0 Å². The molecule has 2 atom stereocenters. The van der Waals surface area contributed by atoms with Crippen molar-refractivity contribution in [2.75, 3.05) is 0 Å². The Hall–Kier alpha value is -3.08. The van der Waals surface area contributed by atoms with Crippen LogP contribution in [0.1, 0.15) is 36.3 Å². The first-order valence-corrected chi connectivity index (χ1v) is 10.5. The molecule has 30 heavy (non-hydrogen) atoms. The molecule has 0 fully saturated rings. The number of pyridine rings is 1. The van der Waals surface area contributed by atoms with Crippen molar-refractivity contribution in [1.82, 2.24) is 9.99 Å². The van der Waals surface area contributed by atoms with Crippen molar-refractivity contribution in [1.29, 1.82) is 5.26 Å². The van der Waals surface area contributed by atoms with E-state index in [4.69, 9.17) is 21.3 Å². The number of nitrogens with zero attached hydrogens (tertiary/aromatic N) is 4. The summed E-state index contributed by atoms with van der Waals surface area (Å²) in [5.41, 5.74) is 2.21.